The second-order valence-electron chi connectivity index (χ2n) is 8.88. The Balaban J connectivity index is 1.56. The summed E-state index contributed by atoms with van der Waals surface area (Å²) in [5.41, 5.74) is 2.19. The normalized spacial score (nSPS) is 10.5. The summed E-state index contributed by atoms with van der Waals surface area (Å²) in [4.78, 5) is 36.1. The maximum absolute atomic E-state index is 12.3. The van der Waals surface area contributed by atoms with Gasteiger partial charge in [0.05, 0.1) is 0 Å². The second kappa shape index (κ2) is 17.3. The summed E-state index contributed by atoms with van der Waals surface area (Å²) in [5, 5.41) is 5.51. The first-order valence-corrected chi connectivity index (χ1v) is 13.0. The Morgan fingerprint density at radius 3 is 1.91 bits per heavy atom. The molecule has 2 aromatic carbocycles. The topological polar surface area (TPSA) is 84.5 Å². The molecule has 2 aromatic rings. The summed E-state index contributed by atoms with van der Waals surface area (Å²) in [5.74, 6) is -1.81. The summed E-state index contributed by atoms with van der Waals surface area (Å²) in [6, 6.07) is 16.2. The van der Waals surface area contributed by atoms with E-state index in [1.54, 1.807) is 24.3 Å². The summed E-state index contributed by atoms with van der Waals surface area (Å²) in [6.07, 6.45) is 12.7. The number of carbonyl (C=O) groups excluding carboxylic acids is 3. The summed E-state index contributed by atoms with van der Waals surface area (Å²) < 4.78 is 5.02. The summed E-state index contributed by atoms with van der Waals surface area (Å²) in [7, 11) is 0. The van der Waals surface area contributed by atoms with Crippen LogP contribution in [0.15, 0.2) is 54.6 Å². The molecular formula is C29H40N2O4. The predicted molar refractivity (Wildman–Crippen MR) is 139 cm³/mol. The van der Waals surface area contributed by atoms with Crippen molar-refractivity contribution in [3.8, 4) is 0 Å². The highest BCUT2D eigenvalue weighted by Gasteiger charge is 2.15. The van der Waals surface area contributed by atoms with Crippen molar-refractivity contribution >= 4 is 17.8 Å². The molecule has 0 radical (unpaired) electrons. The number of unbranched alkanes of at least 4 members (excludes halogenated alkanes) is 9. The van der Waals surface area contributed by atoms with Gasteiger partial charge in [-0.2, -0.15) is 0 Å². The van der Waals surface area contributed by atoms with Gasteiger partial charge in [0.1, 0.15) is 6.61 Å². The highest BCUT2D eigenvalue weighted by molar-refractivity contribution is 6.32. The minimum atomic E-state index is -0.920. The fourth-order valence-corrected chi connectivity index (χ4v) is 3.73. The van der Waals surface area contributed by atoms with Crippen LogP contribution in [0.3, 0.4) is 0 Å². The van der Waals surface area contributed by atoms with Gasteiger partial charge in [0, 0.05) is 18.7 Å². The van der Waals surface area contributed by atoms with Crippen molar-refractivity contribution in [1.29, 1.82) is 0 Å². The van der Waals surface area contributed by atoms with Gasteiger partial charge >= 0.3 is 11.9 Å². The zero-order valence-electron chi connectivity index (χ0n) is 21.0. The fraction of sp³-hybridized carbons (Fsp3) is 0.483. The van der Waals surface area contributed by atoms with E-state index in [4.69, 9.17) is 4.74 Å². The number of hydrogen-bond acceptors (Lipinski definition) is 4. The SMILES string of the molecule is CCCCCCCCCCCCNC(=O)c1ccc(CNC(=O)C(=O)OCc2ccccc2)cc1. The Morgan fingerprint density at radius 2 is 1.29 bits per heavy atom. The first-order valence-electron chi connectivity index (χ1n) is 13.0. The van der Waals surface area contributed by atoms with Crippen LogP contribution in [0.1, 0.15) is 92.6 Å². The van der Waals surface area contributed by atoms with Crippen LogP contribution in [0.25, 0.3) is 0 Å². The van der Waals surface area contributed by atoms with Gasteiger partial charge in [0.15, 0.2) is 0 Å². The standard InChI is InChI=1S/C29H40N2O4/c1-2-3-4-5-6-7-8-9-10-14-21-30-27(32)26-19-17-24(18-20-26)22-31-28(33)29(34)35-23-25-15-12-11-13-16-25/h11-13,15-20H,2-10,14,21-23H2,1H3,(H,30,32)(H,31,33). The van der Waals surface area contributed by atoms with Gasteiger partial charge in [0.25, 0.3) is 5.91 Å². The van der Waals surface area contributed by atoms with Crippen molar-refractivity contribution in [3.63, 3.8) is 0 Å². The lowest BCUT2D eigenvalue weighted by Crippen LogP contribution is -2.32. The van der Waals surface area contributed by atoms with Gasteiger partial charge in [-0.3, -0.25) is 9.59 Å². The van der Waals surface area contributed by atoms with Crippen LogP contribution in [0, 0.1) is 0 Å². The van der Waals surface area contributed by atoms with Crippen molar-refractivity contribution < 1.29 is 19.1 Å². The number of ether oxygens (including phenoxy) is 1. The molecule has 2 N–H and O–H groups in total. The third kappa shape index (κ3) is 12.2. The van der Waals surface area contributed by atoms with Crippen LogP contribution in [0.5, 0.6) is 0 Å². The Bertz CT molecular complexity index is 881. The molecule has 0 saturated carbocycles. The number of esters is 1. The Hall–Kier alpha value is -3.15. The molecular weight excluding hydrogens is 440 g/mol. The van der Waals surface area contributed by atoms with E-state index in [0.717, 1.165) is 24.0 Å². The van der Waals surface area contributed by atoms with Crippen molar-refractivity contribution in [1.82, 2.24) is 10.6 Å². The molecule has 0 unspecified atom stereocenters. The van der Waals surface area contributed by atoms with Gasteiger partial charge < -0.3 is 15.4 Å². The van der Waals surface area contributed by atoms with E-state index in [1.807, 2.05) is 30.3 Å². The Labute approximate surface area is 209 Å². The van der Waals surface area contributed by atoms with Crippen LogP contribution in [0.4, 0.5) is 0 Å². The molecule has 190 valence electrons. The minimum absolute atomic E-state index is 0.0516. The molecule has 35 heavy (non-hydrogen) atoms. The molecule has 0 saturated heterocycles. The third-order valence-corrected chi connectivity index (χ3v) is 5.88. The van der Waals surface area contributed by atoms with E-state index in [0.29, 0.717) is 12.1 Å². The molecule has 0 heterocycles. The minimum Gasteiger partial charge on any atom is -0.454 e. The van der Waals surface area contributed by atoms with E-state index in [-0.39, 0.29) is 19.1 Å². The first kappa shape index (κ1) is 28.1. The predicted octanol–water partition coefficient (Wildman–Crippen LogP) is 5.70. The molecule has 0 aliphatic carbocycles. The van der Waals surface area contributed by atoms with Crippen LogP contribution in [0.2, 0.25) is 0 Å². The van der Waals surface area contributed by atoms with Crippen LogP contribution >= 0.6 is 0 Å². The number of rotatable bonds is 16. The van der Waals surface area contributed by atoms with Gasteiger partial charge in [0.2, 0.25) is 0 Å². The molecule has 0 fully saturated rings. The average Bonchev–Trinajstić information content (AvgIpc) is 2.89. The van der Waals surface area contributed by atoms with Crippen LogP contribution in [-0.2, 0) is 27.5 Å². The lowest BCUT2D eigenvalue weighted by Gasteiger charge is -2.08. The van der Waals surface area contributed by atoms with E-state index in [2.05, 4.69) is 17.6 Å². The largest absolute Gasteiger partial charge is 0.454 e. The first-order chi connectivity index (χ1) is 17.1. The van der Waals surface area contributed by atoms with Crippen molar-refractivity contribution in [2.24, 2.45) is 0 Å². The van der Waals surface area contributed by atoms with Crippen molar-refractivity contribution in [2.75, 3.05) is 6.54 Å². The van der Waals surface area contributed by atoms with E-state index in [1.165, 1.54) is 51.4 Å². The molecule has 0 atom stereocenters. The van der Waals surface area contributed by atoms with Crippen molar-refractivity contribution in [3.05, 3.63) is 71.3 Å². The average molecular weight is 481 g/mol. The van der Waals surface area contributed by atoms with Crippen LogP contribution in [-0.4, -0.2) is 24.3 Å². The molecule has 0 aliphatic heterocycles. The number of carbonyl (C=O) groups is 3. The molecule has 2 amide bonds. The van der Waals surface area contributed by atoms with Crippen molar-refractivity contribution in [2.45, 2.75) is 84.3 Å². The number of amides is 2. The maximum atomic E-state index is 12.3. The molecule has 6 nitrogen and oxygen atoms in total. The molecule has 6 heteroatoms. The third-order valence-electron chi connectivity index (χ3n) is 5.88. The molecule has 0 aliphatic rings. The highest BCUT2D eigenvalue weighted by Crippen LogP contribution is 2.10. The zero-order chi connectivity index (χ0) is 25.1. The highest BCUT2D eigenvalue weighted by atomic mass is 16.5. The lowest BCUT2D eigenvalue weighted by molar-refractivity contribution is -0.155. The Morgan fingerprint density at radius 1 is 0.686 bits per heavy atom. The summed E-state index contributed by atoms with van der Waals surface area (Å²) in [6.45, 7) is 3.15. The Kier molecular flexibility index (Phi) is 13.9. The number of nitrogens with one attached hydrogen (secondary N) is 2. The van der Waals surface area contributed by atoms with Gasteiger partial charge in [-0.15, -0.1) is 0 Å². The molecule has 0 aromatic heterocycles. The van der Waals surface area contributed by atoms with Gasteiger partial charge in [-0.1, -0.05) is 107 Å². The molecule has 0 spiro atoms. The fourth-order valence-electron chi connectivity index (χ4n) is 3.73. The maximum Gasteiger partial charge on any atom is 0.397 e. The molecule has 0 bridgehead atoms. The van der Waals surface area contributed by atoms with E-state index >= 15 is 0 Å². The summed E-state index contributed by atoms with van der Waals surface area (Å²) >= 11 is 0. The van der Waals surface area contributed by atoms with Crippen LogP contribution < -0.4 is 10.6 Å². The monoisotopic (exact) mass is 480 g/mol. The number of benzene rings is 2. The van der Waals surface area contributed by atoms with E-state index < -0.39 is 11.9 Å². The lowest BCUT2D eigenvalue weighted by atomic mass is 10.1. The number of hydrogen-bond donors (Lipinski definition) is 2. The zero-order valence-corrected chi connectivity index (χ0v) is 21.0. The van der Waals surface area contributed by atoms with E-state index in [9.17, 15) is 14.4 Å². The quantitative estimate of drug-likeness (QED) is 0.183. The second-order valence-corrected chi connectivity index (χ2v) is 8.88. The van der Waals surface area contributed by atoms with Gasteiger partial charge in [-0.25, -0.2) is 4.79 Å². The van der Waals surface area contributed by atoms with Gasteiger partial charge in [-0.05, 0) is 29.7 Å². The molecule has 2 rings (SSSR count). The smallest absolute Gasteiger partial charge is 0.397 e.